The van der Waals surface area contributed by atoms with Gasteiger partial charge in [0.25, 0.3) is 0 Å². The lowest BCUT2D eigenvalue weighted by molar-refractivity contribution is 1.18. The Kier molecular flexibility index (Phi) is 8.89. The monoisotopic (exact) mass is 741 g/mol. The summed E-state index contributed by atoms with van der Waals surface area (Å²) in [4.78, 5) is 11.3. The molecular formula is C55H39N3. The van der Waals surface area contributed by atoms with E-state index in [1.54, 1.807) is 6.20 Å². The molecule has 10 rings (SSSR count). The quantitative estimate of drug-likeness (QED) is 0.138. The van der Waals surface area contributed by atoms with Crippen LogP contribution in [0, 0.1) is 0 Å². The molecule has 1 aliphatic rings. The number of anilines is 2. The minimum Gasteiger partial charge on any atom is -0.310 e. The molecule has 0 amide bonds. The Labute approximate surface area is 339 Å². The van der Waals surface area contributed by atoms with E-state index in [0.29, 0.717) is 0 Å². The van der Waals surface area contributed by atoms with Gasteiger partial charge in [-0.15, -0.1) is 0 Å². The predicted octanol–water partition coefficient (Wildman–Crippen LogP) is 14.9. The molecule has 58 heavy (non-hydrogen) atoms. The lowest BCUT2D eigenvalue weighted by atomic mass is 9.82. The third kappa shape index (κ3) is 5.93. The standard InChI is InChI=1S/C55H39N3/c1-3-4-7-17-37(2)58(43-29-32-50(57-36-43)41-23-16-33-56-35-41)42-24-14-22-40(34-42)44-30-31-49-53-45(44)27-15-28-48(53)54-51(38-18-8-5-9-19-38)46-25-12-13-26-47(46)52(55(49)54)39-20-10-6-11-21-39/h3-36H,2H2,1H3/b4-3-,17-7-. The Bertz CT molecular complexity index is 2960. The van der Waals surface area contributed by atoms with Crippen LogP contribution in [0.2, 0.25) is 0 Å². The van der Waals surface area contributed by atoms with Gasteiger partial charge in [-0.1, -0.05) is 152 Å². The van der Waals surface area contributed by atoms with Crippen molar-refractivity contribution in [1.82, 2.24) is 9.97 Å². The van der Waals surface area contributed by atoms with Crippen molar-refractivity contribution in [2.75, 3.05) is 4.90 Å². The zero-order valence-corrected chi connectivity index (χ0v) is 32.2. The first kappa shape index (κ1) is 34.8. The summed E-state index contributed by atoms with van der Waals surface area (Å²) < 4.78 is 0. The fraction of sp³-hybridized carbons (Fsp3) is 0.0182. The van der Waals surface area contributed by atoms with Gasteiger partial charge in [-0.2, -0.15) is 0 Å². The molecule has 0 fully saturated rings. The van der Waals surface area contributed by atoms with Gasteiger partial charge in [0.1, 0.15) is 0 Å². The van der Waals surface area contributed by atoms with E-state index < -0.39 is 0 Å². The van der Waals surface area contributed by atoms with Crippen LogP contribution < -0.4 is 4.90 Å². The van der Waals surface area contributed by atoms with Crippen LogP contribution in [-0.4, -0.2) is 9.97 Å². The first-order chi connectivity index (χ1) is 28.7. The minimum atomic E-state index is 0.830. The zero-order valence-electron chi connectivity index (χ0n) is 32.2. The van der Waals surface area contributed by atoms with Crippen LogP contribution in [0.15, 0.2) is 219 Å². The molecule has 7 aromatic carbocycles. The van der Waals surface area contributed by atoms with Gasteiger partial charge in [-0.25, -0.2) is 0 Å². The number of fused-ring (bicyclic) bond motifs is 4. The van der Waals surface area contributed by atoms with Gasteiger partial charge in [-0.3, -0.25) is 9.97 Å². The van der Waals surface area contributed by atoms with Crippen LogP contribution in [0.3, 0.4) is 0 Å². The first-order valence-electron chi connectivity index (χ1n) is 19.7. The third-order valence-electron chi connectivity index (χ3n) is 11.2. The van der Waals surface area contributed by atoms with E-state index >= 15 is 0 Å². The molecule has 0 aliphatic heterocycles. The molecule has 0 bridgehead atoms. The highest BCUT2D eigenvalue weighted by molar-refractivity contribution is 6.28. The second-order valence-electron chi connectivity index (χ2n) is 14.6. The highest BCUT2D eigenvalue weighted by Gasteiger charge is 2.31. The molecule has 2 heterocycles. The highest BCUT2D eigenvalue weighted by atomic mass is 15.1. The lowest BCUT2D eigenvalue weighted by Crippen LogP contribution is -2.14. The number of rotatable bonds is 9. The van der Waals surface area contributed by atoms with Gasteiger partial charge >= 0.3 is 0 Å². The largest absolute Gasteiger partial charge is 0.310 e. The number of hydrogen-bond donors (Lipinski definition) is 0. The van der Waals surface area contributed by atoms with Gasteiger partial charge in [0.2, 0.25) is 0 Å². The molecular weight excluding hydrogens is 703 g/mol. The van der Waals surface area contributed by atoms with Gasteiger partial charge < -0.3 is 4.90 Å². The van der Waals surface area contributed by atoms with Gasteiger partial charge in [-0.05, 0) is 127 Å². The van der Waals surface area contributed by atoms with E-state index in [9.17, 15) is 0 Å². The van der Waals surface area contributed by atoms with Crippen molar-refractivity contribution >= 4 is 32.9 Å². The van der Waals surface area contributed by atoms with Gasteiger partial charge in [0.05, 0.1) is 17.6 Å². The Morgan fingerprint density at radius 1 is 0.500 bits per heavy atom. The summed E-state index contributed by atoms with van der Waals surface area (Å²) in [6.45, 7) is 6.54. The summed E-state index contributed by atoms with van der Waals surface area (Å²) in [6, 6.07) is 59.1. The van der Waals surface area contributed by atoms with Crippen LogP contribution in [0.4, 0.5) is 11.4 Å². The second-order valence-corrected chi connectivity index (χ2v) is 14.6. The average molecular weight is 742 g/mol. The van der Waals surface area contributed by atoms with Crippen LogP contribution in [-0.2, 0) is 0 Å². The summed E-state index contributed by atoms with van der Waals surface area (Å²) in [5.41, 5.74) is 17.0. The zero-order chi connectivity index (χ0) is 39.0. The van der Waals surface area contributed by atoms with E-state index in [-0.39, 0.29) is 0 Å². The Morgan fingerprint density at radius 2 is 1.12 bits per heavy atom. The molecule has 9 aromatic rings. The summed E-state index contributed by atoms with van der Waals surface area (Å²) in [7, 11) is 0. The van der Waals surface area contributed by atoms with E-state index in [0.717, 1.165) is 33.9 Å². The van der Waals surface area contributed by atoms with Crippen molar-refractivity contribution in [1.29, 1.82) is 0 Å². The van der Waals surface area contributed by atoms with E-state index in [4.69, 9.17) is 4.98 Å². The fourth-order valence-electron chi connectivity index (χ4n) is 8.71. The molecule has 0 unspecified atom stereocenters. The van der Waals surface area contributed by atoms with Crippen molar-refractivity contribution in [2.45, 2.75) is 6.92 Å². The average Bonchev–Trinajstić information content (AvgIpc) is 3.61. The summed E-state index contributed by atoms with van der Waals surface area (Å²) >= 11 is 0. The van der Waals surface area contributed by atoms with Crippen LogP contribution >= 0.6 is 0 Å². The molecule has 274 valence electrons. The van der Waals surface area contributed by atoms with Crippen LogP contribution in [0.5, 0.6) is 0 Å². The predicted molar refractivity (Wildman–Crippen MR) is 245 cm³/mol. The smallest absolute Gasteiger partial charge is 0.0719 e. The fourth-order valence-corrected chi connectivity index (χ4v) is 8.71. The van der Waals surface area contributed by atoms with E-state index in [1.165, 1.54) is 71.6 Å². The first-order valence-corrected chi connectivity index (χ1v) is 19.7. The summed E-state index contributed by atoms with van der Waals surface area (Å²) in [5, 5.41) is 5.04. The van der Waals surface area contributed by atoms with Gasteiger partial charge in [0.15, 0.2) is 0 Å². The highest BCUT2D eigenvalue weighted by Crippen LogP contribution is 2.58. The van der Waals surface area contributed by atoms with Crippen molar-refractivity contribution in [3.8, 4) is 66.9 Å². The molecule has 1 aliphatic carbocycles. The molecule has 0 atom stereocenters. The van der Waals surface area contributed by atoms with Gasteiger partial charge in [0, 0.05) is 29.3 Å². The number of allylic oxidation sites excluding steroid dienone is 4. The topological polar surface area (TPSA) is 29.0 Å². The van der Waals surface area contributed by atoms with Crippen molar-refractivity contribution in [3.63, 3.8) is 0 Å². The molecule has 0 radical (unpaired) electrons. The molecule has 0 saturated heterocycles. The summed E-state index contributed by atoms with van der Waals surface area (Å²) in [5.74, 6) is 0. The van der Waals surface area contributed by atoms with Crippen LogP contribution in [0.1, 0.15) is 6.92 Å². The minimum absolute atomic E-state index is 0.830. The number of nitrogens with zero attached hydrogens (tertiary/aromatic N) is 3. The molecule has 0 N–H and O–H groups in total. The Balaban J connectivity index is 1.16. The number of benzene rings is 7. The summed E-state index contributed by atoms with van der Waals surface area (Å²) in [6.07, 6.45) is 13.6. The molecule has 0 saturated carbocycles. The molecule has 3 heteroatoms. The molecule has 2 aromatic heterocycles. The van der Waals surface area contributed by atoms with E-state index in [1.807, 2.05) is 61.8 Å². The third-order valence-corrected chi connectivity index (χ3v) is 11.2. The number of pyridine rings is 2. The maximum absolute atomic E-state index is 4.86. The van der Waals surface area contributed by atoms with Crippen molar-refractivity contribution in [3.05, 3.63) is 219 Å². The Morgan fingerprint density at radius 3 is 1.78 bits per heavy atom. The second kappa shape index (κ2) is 14.8. The van der Waals surface area contributed by atoms with Crippen molar-refractivity contribution < 1.29 is 0 Å². The maximum atomic E-state index is 4.86. The SMILES string of the molecule is C=C(/C=C\C=C/C)N(c1ccc(-c2cccnc2)nc1)c1cccc(-c2ccc3c4c(cccc24)-c2c-3c(-c3ccccc3)c3ccccc3c2-c2ccccc2)c1. The Hall–Kier alpha value is -7.62. The molecule has 0 spiro atoms. The number of aromatic nitrogens is 2. The lowest BCUT2D eigenvalue weighted by Gasteiger charge is -2.26. The van der Waals surface area contributed by atoms with Crippen LogP contribution in [0.25, 0.3) is 88.4 Å². The normalized spacial score (nSPS) is 11.8. The van der Waals surface area contributed by atoms with Crippen molar-refractivity contribution in [2.24, 2.45) is 0 Å². The number of hydrogen-bond acceptors (Lipinski definition) is 3. The maximum Gasteiger partial charge on any atom is 0.0719 e. The molecule has 3 nitrogen and oxygen atoms in total. The van der Waals surface area contributed by atoms with E-state index in [2.05, 4.69) is 162 Å².